The van der Waals surface area contributed by atoms with Crippen LogP contribution in [-0.2, 0) is 5.92 Å². The third-order valence-electron chi connectivity index (χ3n) is 3.44. The number of aryl methyl sites for hydroxylation is 1. The topological polar surface area (TPSA) is 12.0 Å². The Morgan fingerprint density at radius 1 is 1.05 bits per heavy atom. The van der Waals surface area contributed by atoms with E-state index in [2.05, 4.69) is 17.2 Å². The molecule has 1 aliphatic heterocycles. The standard InChI is InChI=1S/C17H13F2N/c1-12-6-2-3-7-13(12)10-11-16-17(18,19)14-8-4-5-9-15(14)20-16/h2-9,16,20H,1H3. The Kier molecular flexibility index (Phi) is 2.94. The normalized spacial score (nSPS) is 18.6. The number of halogens is 2. The summed E-state index contributed by atoms with van der Waals surface area (Å²) in [5.41, 5.74) is 2.24. The minimum absolute atomic E-state index is 0.0177. The molecular weight excluding hydrogens is 256 g/mol. The van der Waals surface area contributed by atoms with E-state index in [1.807, 2.05) is 31.2 Å². The van der Waals surface area contributed by atoms with Crippen molar-refractivity contribution >= 4 is 5.69 Å². The molecule has 2 aromatic rings. The van der Waals surface area contributed by atoms with Gasteiger partial charge in [0.2, 0.25) is 0 Å². The van der Waals surface area contributed by atoms with Gasteiger partial charge in [0.1, 0.15) is 0 Å². The molecule has 3 rings (SSSR count). The van der Waals surface area contributed by atoms with E-state index >= 15 is 0 Å². The molecule has 1 atom stereocenters. The lowest BCUT2D eigenvalue weighted by Crippen LogP contribution is -2.29. The molecular formula is C17H13F2N. The highest BCUT2D eigenvalue weighted by molar-refractivity contribution is 5.62. The first-order valence-electron chi connectivity index (χ1n) is 6.40. The Labute approximate surface area is 116 Å². The van der Waals surface area contributed by atoms with Crippen LogP contribution in [0.3, 0.4) is 0 Å². The summed E-state index contributed by atoms with van der Waals surface area (Å²) in [6.07, 6.45) is 0. The van der Waals surface area contributed by atoms with Crippen LogP contribution in [0.15, 0.2) is 48.5 Å². The molecule has 0 saturated carbocycles. The summed E-state index contributed by atoms with van der Waals surface area (Å²) in [5.74, 6) is 2.55. The molecule has 1 aliphatic rings. The highest BCUT2D eigenvalue weighted by Crippen LogP contribution is 2.43. The van der Waals surface area contributed by atoms with Gasteiger partial charge in [-0.25, -0.2) is 0 Å². The Morgan fingerprint density at radius 3 is 2.50 bits per heavy atom. The smallest absolute Gasteiger partial charge is 0.306 e. The Hall–Kier alpha value is -2.34. The van der Waals surface area contributed by atoms with Crippen LogP contribution in [0.5, 0.6) is 0 Å². The van der Waals surface area contributed by atoms with E-state index < -0.39 is 12.0 Å². The number of hydrogen-bond donors (Lipinski definition) is 1. The molecule has 0 fully saturated rings. The van der Waals surface area contributed by atoms with Gasteiger partial charge >= 0.3 is 5.92 Å². The number of hydrogen-bond acceptors (Lipinski definition) is 1. The van der Waals surface area contributed by atoms with Crippen molar-refractivity contribution in [2.24, 2.45) is 0 Å². The second-order valence-electron chi connectivity index (χ2n) is 4.83. The fourth-order valence-electron chi connectivity index (χ4n) is 2.29. The van der Waals surface area contributed by atoms with Gasteiger partial charge in [-0.2, -0.15) is 8.78 Å². The third kappa shape index (κ3) is 2.04. The number of para-hydroxylation sites is 1. The molecule has 1 nitrogen and oxygen atoms in total. The maximum absolute atomic E-state index is 14.2. The number of alkyl halides is 2. The van der Waals surface area contributed by atoms with Crippen LogP contribution < -0.4 is 5.32 Å². The van der Waals surface area contributed by atoms with Crippen LogP contribution in [0.25, 0.3) is 0 Å². The molecule has 0 spiro atoms. The lowest BCUT2D eigenvalue weighted by molar-refractivity contribution is 0.000140. The molecule has 2 aromatic carbocycles. The summed E-state index contributed by atoms with van der Waals surface area (Å²) in [7, 11) is 0. The van der Waals surface area contributed by atoms with Gasteiger partial charge in [-0.15, -0.1) is 0 Å². The molecule has 0 aromatic heterocycles. The summed E-state index contributed by atoms with van der Waals surface area (Å²) in [6, 6.07) is 12.8. The van der Waals surface area contributed by atoms with Crippen molar-refractivity contribution in [1.82, 2.24) is 0 Å². The summed E-state index contributed by atoms with van der Waals surface area (Å²) in [6.45, 7) is 1.92. The molecule has 1 heterocycles. The zero-order valence-corrected chi connectivity index (χ0v) is 11.0. The highest BCUT2D eigenvalue weighted by atomic mass is 19.3. The second-order valence-corrected chi connectivity index (χ2v) is 4.83. The lowest BCUT2D eigenvalue weighted by Gasteiger charge is -2.14. The summed E-state index contributed by atoms with van der Waals surface area (Å²) >= 11 is 0. The zero-order chi connectivity index (χ0) is 14.2. The minimum atomic E-state index is -2.97. The minimum Gasteiger partial charge on any atom is -0.366 e. The van der Waals surface area contributed by atoms with Gasteiger partial charge in [-0.1, -0.05) is 48.2 Å². The van der Waals surface area contributed by atoms with Crippen molar-refractivity contribution in [3.8, 4) is 11.8 Å². The summed E-state index contributed by atoms with van der Waals surface area (Å²) < 4.78 is 28.5. The maximum atomic E-state index is 14.2. The van der Waals surface area contributed by atoms with E-state index in [-0.39, 0.29) is 5.56 Å². The molecule has 1 unspecified atom stereocenters. The fraction of sp³-hybridized carbons (Fsp3) is 0.176. The first kappa shape index (κ1) is 12.7. The molecule has 0 aliphatic carbocycles. The van der Waals surface area contributed by atoms with Gasteiger partial charge in [-0.05, 0) is 24.6 Å². The van der Waals surface area contributed by atoms with E-state index in [9.17, 15) is 8.78 Å². The number of benzene rings is 2. The average molecular weight is 269 g/mol. The van der Waals surface area contributed by atoms with Crippen molar-refractivity contribution in [2.45, 2.75) is 18.9 Å². The number of rotatable bonds is 0. The third-order valence-corrected chi connectivity index (χ3v) is 3.44. The second kappa shape index (κ2) is 4.64. The van der Waals surface area contributed by atoms with Crippen LogP contribution in [0, 0.1) is 18.8 Å². The number of anilines is 1. The predicted octanol–water partition coefficient (Wildman–Crippen LogP) is 3.93. The molecule has 0 amide bonds. The molecule has 100 valence electrons. The van der Waals surface area contributed by atoms with Crippen molar-refractivity contribution in [3.63, 3.8) is 0 Å². The molecule has 0 bridgehead atoms. The Balaban J connectivity index is 1.94. The SMILES string of the molecule is Cc1ccccc1C#CC1Nc2ccccc2C1(F)F. The van der Waals surface area contributed by atoms with E-state index in [0.717, 1.165) is 11.1 Å². The molecule has 20 heavy (non-hydrogen) atoms. The summed E-state index contributed by atoms with van der Waals surface area (Å²) in [5, 5.41) is 2.79. The Morgan fingerprint density at radius 2 is 1.75 bits per heavy atom. The van der Waals surface area contributed by atoms with Gasteiger partial charge in [0.25, 0.3) is 0 Å². The van der Waals surface area contributed by atoms with Crippen LogP contribution in [-0.4, -0.2) is 6.04 Å². The van der Waals surface area contributed by atoms with Gasteiger partial charge in [0, 0.05) is 16.8 Å². The number of nitrogens with one attached hydrogen (secondary N) is 1. The first-order chi connectivity index (χ1) is 9.59. The van der Waals surface area contributed by atoms with Crippen LogP contribution in [0.4, 0.5) is 14.5 Å². The molecule has 0 radical (unpaired) electrons. The van der Waals surface area contributed by atoms with E-state index in [1.54, 1.807) is 18.2 Å². The van der Waals surface area contributed by atoms with Gasteiger partial charge in [-0.3, -0.25) is 0 Å². The maximum Gasteiger partial charge on any atom is 0.306 e. The molecule has 0 saturated heterocycles. The quantitative estimate of drug-likeness (QED) is 0.714. The average Bonchev–Trinajstić information content (AvgIpc) is 2.70. The van der Waals surface area contributed by atoms with E-state index in [0.29, 0.717) is 5.69 Å². The van der Waals surface area contributed by atoms with Crippen molar-refractivity contribution in [2.75, 3.05) is 5.32 Å². The monoisotopic (exact) mass is 269 g/mol. The van der Waals surface area contributed by atoms with Gasteiger partial charge in [0.15, 0.2) is 6.04 Å². The fourth-order valence-corrected chi connectivity index (χ4v) is 2.29. The predicted molar refractivity (Wildman–Crippen MR) is 75.8 cm³/mol. The van der Waals surface area contributed by atoms with Crippen LogP contribution in [0.1, 0.15) is 16.7 Å². The van der Waals surface area contributed by atoms with E-state index in [4.69, 9.17) is 0 Å². The Bertz CT molecular complexity index is 710. The highest BCUT2D eigenvalue weighted by Gasteiger charge is 2.47. The van der Waals surface area contributed by atoms with Gasteiger partial charge in [0.05, 0.1) is 0 Å². The van der Waals surface area contributed by atoms with Crippen molar-refractivity contribution < 1.29 is 8.78 Å². The van der Waals surface area contributed by atoms with E-state index in [1.165, 1.54) is 6.07 Å². The van der Waals surface area contributed by atoms with Crippen molar-refractivity contribution in [3.05, 3.63) is 65.2 Å². The van der Waals surface area contributed by atoms with Crippen LogP contribution >= 0.6 is 0 Å². The van der Waals surface area contributed by atoms with Gasteiger partial charge < -0.3 is 5.32 Å². The van der Waals surface area contributed by atoms with Crippen LogP contribution in [0.2, 0.25) is 0 Å². The lowest BCUT2D eigenvalue weighted by atomic mass is 10.0. The molecule has 1 N–H and O–H groups in total. The summed E-state index contributed by atoms with van der Waals surface area (Å²) in [4.78, 5) is 0. The zero-order valence-electron chi connectivity index (χ0n) is 11.0. The number of fused-ring (bicyclic) bond motifs is 1. The van der Waals surface area contributed by atoms with Crippen molar-refractivity contribution in [1.29, 1.82) is 0 Å². The first-order valence-corrected chi connectivity index (χ1v) is 6.40. The molecule has 3 heteroatoms. The largest absolute Gasteiger partial charge is 0.366 e.